The maximum atomic E-state index is 11.6. The molecule has 0 bridgehead atoms. The van der Waals surface area contributed by atoms with Crippen LogP contribution in [0.4, 0.5) is 0 Å². The Morgan fingerprint density at radius 3 is 2.54 bits per heavy atom. The van der Waals surface area contributed by atoms with Gasteiger partial charge in [-0.1, -0.05) is 42.5 Å². The minimum absolute atomic E-state index is 0.191. The second kappa shape index (κ2) is 11.1. The van der Waals surface area contributed by atoms with Gasteiger partial charge in [0.2, 0.25) is 0 Å². The van der Waals surface area contributed by atoms with Gasteiger partial charge in [-0.2, -0.15) is 0 Å². The third-order valence-electron chi connectivity index (χ3n) is 6.03. The fraction of sp³-hybridized carbons (Fsp3) is 0.310. The van der Waals surface area contributed by atoms with Crippen molar-refractivity contribution in [1.82, 2.24) is 9.55 Å². The van der Waals surface area contributed by atoms with Crippen LogP contribution < -0.4 is 9.47 Å². The van der Waals surface area contributed by atoms with Crippen molar-refractivity contribution in [3.63, 3.8) is 0 Å². The van der Waals surface area contributed by atoms with E-state index in [2.05, 4.69) is 34.9 Å². The zero-order valence-corrected chi connectivity index (χ0v) is 20.8. The highest BCUT2D eigenvalue weighted by Crippen LogP contribution is 2.31. The largest absolute Gasteiger partial charge is 0.496 e. The average molecular weight is 473 g/mol. The van der Waals surface area contributed by atoms with E-state index in [0.717, 1.165) is 50.6 Å². The maximum Gasteiger partial charge on any atom is 0.305 e. The molecule has 182 valence electrons. The number of rotatable bonds is 10. The van der Waals surface area contributed by atoms with Crippen molar-refractivity contribution in [2.45, 2.75) is 40.2 Å². The number of fused-ring (bicyclic) bond motifs is 1. The molecule has 0 fully saturated rings. The van der Waals surface area contributed by atoms with Crippen molar-refractivity contribution in [3.05, 3.63) is 77.6 Å². The van der Waals surface area contributed by atoms with Crippen LogP contribution in [-0.4, -0.2) is 35.8 Å². The van der Waals surface area contributed by atoms with E-state index in [1.54, 1.807) is 7.11 Å². The molecule has 35 heavy (non-hydrogen) atoms. The zero-order chi connectivity index (χ0) is 24.8. The lowest BCUT2D eigenvalue weighted by Crippen LogP contribution is -2.07. The Morgan fingerprint density at radius 1 is 1.00 bits per heavy atom. The normalized spacial score (nSPS) is 11.0. The average Bonchev–Trinajstić information content (AvgIpc) is 3.18. The number of hydrogen-bond acceptors (Lipinski definition) is 5. The number of imidazole rings is 1. The van der Waals surface area contributed by atoms with Crippen molar-refractivity contribution in [1.29, 1.82) is 0 Å². The maximum absolute atomic E-state index is 11.6. The van der Waals surface area contributed by atoms with Crippen LogP contribution in [0.2, 0.25) is 0 Å². The molecule has 0 spiro atoms. The van der Waals surface area contributed by atoms with Crippen LogP contribution in [0.25, 0.3) is 22.2 Å². The molecule has 0 saturated heterocycles. The zero-order valence-electron chi connectivity index (χ0n) is 20.8. The summed E-state index contributed by atoms with van der Waals surface area (Å²) in [6.45, 7) is 7.35. The predicted octanol–water partition coefficient (Wildman–Crippen LogP) is 6.10. The van der Waals surface area contributed by atoms with E-state index in [9.17, 15) is 4.79 Å². The first kappa shape index (κ1) is 24.3. The summed E-state index contributed by atoms with van der Waals surface area (Å²) < 4.78 is 18.9. The second-order valence-electron chi connectivity index (χ2n) is 8.50. The minimum Gasteiger partial charge on any atom is -0.496 e. The SMILES string of the molecule is CCOC(=O)CCCOc1cc(C)c2nc(C)n(Cc3ccc(-c4ccccc4)cc3OC)c2c1. The van der Waals surface area contributed by atoms with E-state index in [4.69, 9.17) is 19.2 Å². The van der Waals surface area contributed by atoms with Crippen LogP contribution in [0.5, 0.6) is 11.5 Å². The molecular formula is C29H32N2O4. The van der Waals surface area contributed by atoms with Gasteiger partial charge in [-0.25, -0.2) is 4.98 Å². The summed E-state index contributed by atoms with van der Waals surface area (Å²) in [6.07, 6.45) is 0.962. The van der Waals surface area contributed by atoms with Gasteiger partial charge in [0.25, 0.3) is 0 Å². The first-order valence-electron chi connectivity index (χ1n) is 12.0. The van der Waals surface area contributed by atoms with Gasteiger partial charge in [-0.05, 0) is 56.0 Å². The molecule has 0 radical (unpaired) electrons. The topological polar surface area (TPSA) is 62.6 Å². The number of hydrogen-bond donors (Lipinski definition) is 0. The first-order valence-corrected chi connectivity index (χ1v) is 12.0. The van der Waals surface area contributed by atoms with Crippen LogP contribution >= 0.6 is 0 Å². The molecule has 1 heterocycles. The number of carbonyl (C=O) groups excluding carboxylic acids is 1. The van der Waals surface area contributed by atoms with E-state index in [1.807, 2.05) is 51.1 Å². The molecule has 4 rings (SSSR count). The summed E-state index contributed by atoms with van der Waals surface area (Å²) in [5.41, 5.74) is 6.37. The Morgan fingerprint density at radius 2 is 1.80 bits per heavy atom. The summed E-state index contributed by atoms with van der Waals surface area (Å²) in [5, 5.41) is 0. The van der Waals surface area contributed by atoms with E-state index in [1.165, 1.54) is 0 Å². The Kier molecular flexibility index (Phi) is 7.70. The summed E-state index contributed by atoms with van der Waals surface area (Å²) in [7, 11) is 1.71. The van der Waals surface area contributed by atoms with Gasteiger partial charge < -0.3 is 18.8 Å². The van der Waals surface area contributed by atoms with Crippen molar-refractivity contribution >= 4 is 17.0 Å². The van der Waals surface area contributed by atoms with Crippen LogP contribution in [0, 0.1) is 13.8 Å². The summed E-state index contributed by atoms with van der Waals surface area (Å²) in [4.78, 5) is 16.4. The van der Waals surface area contributed by atoms with Gasteiger partial charge in [-0.15, -0.1) is 0 Å². The number of benzene rings is 3. The standard InChI is InChI=1S/C29H32N2O4/c1-5-34-28(32)12-9-15-35-25-16-20(2)29-26(18-25)31(21(3)30-29)19-24-14-13-23(17-27(24)33-4)22-10-7-6-8-11-22/h6-8,10-11,13-14,16-18H,5,9,12,15,19H2,1-4H3. The smallest absolute Gasteiger partial charge is 0.305 e. The number of ether oxygens (including phenoxy) is 3. The number of carbonyl (C=O) groups is 1. The molecule has 6 nitrogen and oxygen atoms in total. The minimum atomic E-state index is -0.191. The van der Waals surface area contributed by atoms with Crippen LogP contribution in [0.15, 0.2) is 60.7 Å². The first-order chi connectivity index (χ1) is 17.0. The number of nitrogens with zero attached hydrogens (tertiary/aromatic N) is 2. The van der Waals surface area contributed by atoms with Gasteiger partial charge in [0.1, 0.15) is 17.3 Å². The number of methoxy groups -OCH3 is 1. The molecule has 1 aromatic heterocycles. The van der Waals surface area contributed by atoms with Crippen LogP contribution in [-0.2, 0) is 16.1 Å². The Hall–Kier alpha value is -3.80. The molecule has 4 aromatic rings. The molecule has 0 aliphatic rings. The molecule has 0 aliphatic carbocycles. The summed E-state index contributed by atoms with van der Waals surface area (Å²) >= 11 is 0. The van der Waals surface area contributed by atoms with Crippen molar-refractivity contribution in [2.75, 3.05) is 20.3 Å². The fourth-order valence-electron chi connectivity index (χ4n) is 4.25. The lowest BCUT2D eigenvalue weighted by Gasteiger charge is -2.14. The lowest BCUT2D eigenvalue weighted by molar-refractivity contribution is -0.143. The quantitative estimate of drug-likeness (QED) is 0.206. The molecular weight excluding hydrogens is 440 g/mol. The third-order valence-corrected chi connectivity index (χ3v) is 6.03. The molecule has 3 aromatic carbocycles. The molecule has 0 N–H and O–H groups in total. The third kappa shape index (κ3) is 5.65. The van der Waals surface area contributed by atoms with Gasteiger partial charge in [0.15, 0.2) is 0 Å². The van der Waals surface area contributed by atoms with Gasteiger partial charge >= 0.3 is 5.97 Å². The monoisotopic (exact) mass is 472 g/mol. The second-order valence-corrected chi connectivity index (χ2v) is 8.50. The summed E-state index contributed by atoms with van der Waals surface area (Å²) in [6, 6.07) is 20.6. The van der Waals surface area contributed by atoms with Crippen molar-refractivity contribution in [2.24, 2.45) is 0 Å². The van der Waals surface area contributed by atoms with Gasteiger partial charge in [0.05, 0.1) is 37.9 Å². The van der Waals surface area contributed by atoms with E-state index in [0.29, 0.717) is 32.6 Å². The molecule has 0 unspecified atom stereocenters. The van der Waals surface area contributed by atoms with E-state index >= 15 is 0 Å². The Balaban J connectivity index is 1.57. The van der Waals surface area contributed by atoms with E-state index in [-0.39, 0.29) is 5.97 Å². The number of esters is 1. The molecule has 0 saturated carbocycles. The highest BCUT2D eigenvalue weighted by atomic mass is 16.5. The highest BCUT2D eigenvalue weighted by molar-refractivity contribution is 5.81. The number of aryl methyl sites for hydroxylation is 2. The number of aromatic nitrogens is 2. The Labute approximate surface area is 206 Å². The van der Waals surface area contributed by atoms with E-state index < -0.39 is 0 Å². The lowest BCUT2D eigenvalue weighted by atomic mass is 10.0. The highest BCUT2D eigenvalue weighted by Gasteiger charge is 2.15. The predicted molar refractivity (Wildman–Crippen MR) is 138 cm³/mol. The van der Waals surface area contributed by atoms with Crippen LogP contribution in [0.3, 0.4) is 0 Å². The Bertz CT molecular complexity index is 1310. The summed E-state index contributed by atoms with van der Waals surface area (Å²) in [5.74, 6) is 2.35. The molecule has 0 amide bonds. The molecule has 0 aliphatic heterocycles. The molecule has 6 heteroatoms. The fourth-order valence-corrected chi connectivity index (χ4v) is 4.25. The van der Waals surface area contributed by atoms with Crippen molar-refractivity contribution < 1.29 is 19.0 Å². The van der Waals surface area contributed by atoms with Gasteiger partial charge in [-0.3, -0.25) is 4.79 Å². The van der Waals surface area contributed by atoms with Crippen LogP contribution in [0.1, 0.15) is 36.7 Å². The van der Waals surface area contributed by atoms with Gasteiger partial charge in [0, 0.05) is 18.1 Å². The molecule has 0 atom stereocenters. The van der Waals surface area contributed by atoms with Crippen molar-refractivity contribution in [3.8, 4) is 22.6 Å².